The van der Waals surface area contributed by atoms with Gasteiger partial charge in [-0.15, -0.1) is 0 Å². The van der Waals surface area contributed by atoms with E-state index in [2.05, 4.69) is 36.5 Å². The minimum absolute atomic E-state index is 0.0444. The topological polar surface area (TPSA) is 64.3 Å². The molecule has 4 heteroatoms. The second kappa shape index (κ2) is 6.68. The Kier molecular flexibility index (Phi) is 4.93. The van der Waals surface area contributed by atoms with Crippen molar-refractivity contribution in [3.63, 3.8) is 0 Å². The maximum absolute atomic E-state index is 11.3. The standard InChI is InChI=1S/C15H22N2O2/c1-11-4-6-12(7-5-11)15-13(3-2-8-19-15)10-17-14(18)9-16/h4-7,13,15H,2-3,8-10,16H2,1H3,(H,17,18). The lowest BCUT2D eigenvalue weighted by Gasteiger charge is -2.32. The summed E-state index contributed by atoms with van der Waals surface area (Å²) in [6.07, 6.45) is 2.20. The van der Waals surface area contributed by atoms with Crippen LogP contribution in [0.15, 0.2) is 24.3 Å². The Morgan fingerprint density at radius 2 is 2.16 bits per heavy atom. The molecular weight excluding hydrogens is 240 g/mol. The summed E-state index contributed by atoms with van der Waals surface area (Å²) in [5.41, 5.74) is 7.74. The molecule has 2 atom stereocenters. The van der Waals surface area contributed by atoms with Gasteiger partial charge >= 0.3 is 0 Å². The van der Waals surface area contributed by atoms with Gasteiger partial charge in [0.2, 0.25) is 5.91 Å². The van der Waals surface area contributed by atoms with E-state index in [1.54, 1.807) is 0 Å². The van der Waals surface area contributed by atoms with E-state index < -0.39 is 0 Å². The second-order valence-corrected chi connectivity index (χ2v) is 5.11. The molecule has 0 saturated carbocycles. The van der Waals surface area contributed by atoms with Crippen molar-refractivity contribution in [2.45, 2.75) is 25.9 Å². The molecular formula is C15H22N2O2. The first-order valence-electron chi connectivity index (χ1n) is 6.85. The van der Waals surface area contributed by atoms with Crippen LogP contribution in [-0.2, 0) is 9.53 Å². The van der Waals surface area contributed by atoms with E-state index in [1.165, 1.54) is 11.1 Å². The predicted molar refractivity (Wildman–Crippen MR) is 74.7 cm³/mol. The van der Waals surface area contributed by atoms with Crippen LogP contribution < -0.4 is 11.1 Å². The third-order valence-corrected chi connectivity index (χ3v) is 3.60. The van der Waals surface area contributed by atoms with Gasteiger partial charge in [-0.05, 0) is 25.3 Å². The number of aryl methyl sites for hydroxylation is 1. The van der Waals surface area contributed by atoms with Crippen molar-refractivity contribution in [1.29, 1.82) is 0 Å². The molecule has 104 valence electrons. The number of hydrogen-bond donors (Lipinski definition) is 2. The average Bonchev–Trinajstić information content (AvgIpc) is 2.46. The molecule has 3 N–H and O–H groups in total. The molecule has 0 aromatic heterocycles. The van der Waals surface area contributed by atoms with Crippen molar-refractivity contribution in [1.82, 2.24) is 5.32 Å². The van der Waals surface area contributed by atoms with Crippen molar-refractivity contribution in [2.24, 2.45) is 11.7 Å². The molecule has 0 bridgehead atoms. The lowest BCUT2D eigenvalue weighted by molar-refractivity contribution is -0.120. The van der Waals surface area contributed by atoms with Gasteiger partial charge in [-0.3, -0.25) is 4.79 Å². The zero-order valence-electron chi connectivity index (χ0n) is 11.4. The van der Waals surface area contributed by atoms with Crippen LogP contribution in [0.4, 0.5) is 0 Å². The van der Waals surface area contributed by atoms with Gasteiger partial charge in [0.15, 0.2) is 0 Å². The van der Waals surface area contributed by atoms with Crippen LogP contribution >= 0.6 is 0 Å². The minimum Gasteiger partial charge on any atom is -0.373 e. The number of benzene rings is 1. The Balaban J connectivity index is 2.03. The molecule has 1 aliphatic rings. The Morgan fingerprint density at radius 3 is 2.84 bits per heavy atom. The molecule has 1 heterocycles. The number of carbonyl (C=O) groups is 1. The Bertz CT molecular complexity index is 417. The summed E-state index contributed by atoms with van der Waals surface area (Å²) in [7, 11) is 0. The van der Waals surface area contributed by atoms with Crippen LogP contribution in [0.3, 0.4) is 0 Å². The monoisotopic (exact) mass is 262 g/mol. The zero-order chi connectivity index (χ0) is 13.7. The van der Waals surface area contributed by atoms with Gasteiger partial charge in [0.1, 0.15) is 0 Å². The van der Waals surface area contributed by atoms with E-state index in [0.717, 1.165) is 19.4 Å². The van der Waals surface area contributed by atoms with Crippen LogP contribution in [0.1, 0.15) is 30.1 Å². The summed E-state index contributed by atoms with van der Waals surface area (Å²) in [6.45, 7) is 3.54. The highest BCUT2D eigenvalue weighted by Gasteiger charge is 2.27. The maximum Gasteiger partial charge on any atom is 0.233 e. The molecule has 1 aromatic rings. The maximum atomic E-state index is 11.3. The highest BCUT2D eigenvalue weighted by molar-refractivity contribution is 5.77. The normalized spacial score (nSPS) is 23.1. The van der Waals surface area contributed by atoms with Gasteiger partial charge in [0.25, 0.3) is 0 Å². The van der Waals surface area contributed by atoms with Crippen molar-refractivity contribution >= 4 is 5.91 Å². The first kappa shape index (κ1) is 14.0. The molecule has 19 heavy (non-hydrogen) atoms. The SMILES string of the molecule is Cc1ccc(C2OCCCC2CNC(=O)CN)cc1. The number of ether oxygens (including phenoxy) is 1. The Labute approximate surface area is 114 Å². The number of rotatable bonds is 4. The highest BCUT2D eigenvalue weighted by Crippen LogP contribution is 2.33. The third kappa shape index (κ3) is 3.78. The molecule has 0 radical (unpaired) electrons. The Morgan fingerprint density at radius 1 is 1.42 bits per heavy atom. The van der Waals surface area contributed by atoms with Gasteiger partial charge in [0, 0.05) is 19.1 Å². The summed E-state index contributed by atoms with van der Waals surface area (Å²) < 4.78 is 5.90. The molecule has 1 fully saturated rings. The molecule has 0 aliphatic carbocycles. The lowest BCUT2D eigenvalue weighted by atomic mass is 9.89. The van der Waals surface area contributed by atoms with E-state index in [9.17, 15) is 4.79 Å². The summed E-state index contributed by atoms with van der Waals surface area (Å²) in [6, 6.07) is 8.43. The first-order chi connectivity index (χ1) is 9.20. The summed E-state index contributed by atoms with van der Waals surface area (Å²) in [5, 5.41) is 2.87. The molecule has 0 spiro atoms. The molecule has 2 unspecified atom stereocenters. The largest absolute Gasteiger partial charge is 0.373 e. The fraction of sp³-hybridized carbons (Fsp3) is 0.533. The van der Waals surface area contributed by atoms with Crippen LogP contribution in [0.2, 0.25) is 0 Å². The third-order valence-electron chi connectivity index (χ3n) is 3.60. The number of amides is 1. The molecule has 1 amide bonds. The highest BCUT2D eigenvalue weighted by atomic mass is 16.5. The van der Waals surface area contributed by atoms with Crippen LogP contribution in [-0.4, -0.2) is 25.6 Å². The fourth-order valence-electron chi connectivity index (χ4n) is 2.49. The molecule has 1 aliphatic heterocycles. The molecule has 4 nitrogen and oxygen atoms in total. The first-order valence-corrected chi connectivity index (χ1v) is 6.85. The smallest absolute Gasteiger partial charge is 0.233 e. The number of hydrogen-bond acceptors (Lipinski definition) is 3. The van der Waals surface area contributed by atoms with Gasteiger partial charge < -0.3 is 15.8 Å². The van der Waals surface area contributed by atoms with E-state index in [1.807, 2.05) is 0 Å². The van der Waals surface area contributed by atoms with Crippen molar-refractivity contribution in [2.75, 3.05) is 19.7 Å². The van der Waals surface area contributed by atoms with Crippen molar-refractivity contribution < 1.29 is 9.53 Å². The number of nitrogens with one attached hydrogen (secondary N) is 1. The lowest BCUT2D eigenvalue weighted by Crippen LogP contribution is -2.37. The summed E-state index contributed by atoms with van der Waals surface area (Å²) >= 11 is 0. The van der Waals surface area contributed by atoms with Gasteiger partial charge in [-0.1, -0.05) is 29.8 Å². The average molecular weight is 262 g/mol. The molecule has 1 saturated heterocycles. The number of nitrogens with two attached hydrogens (primary N) is 1. The fourth-order valence-corrected chi connectivity index (χ4v) is 2.49. The predicted octanol–water partition coefficient (Wildman–Crippen LogP) is 1.54. The molecule has 2 rings (SSSR count). The van der Waals surface area contributed by atoms with Crippen LogP contribution in [0.25, 0.3) is 0 Å². The minimum atomic E-state index is -0.103. The van der Waals surface area contributed by atoms with Crippen molar-refractivity contribution in [3.8, 4) is 0 Å². The van der Waals surface area contributed by atoms with Crippen molar-refractivity contribution in [3.05, 3.63) is 35.4 Å². The van der Waals surface area contributed by atoms with E-state index in [4.69, 9.17) is 10.5 Å². The zero-order valence-corrected chi connectivity index (χ0v) is 11.4. The van der Waals surface area contributed by atoms with E-state index in [-0.39, 0.29) is 18.6 Å². The van der Waals surface area contributed by atoms with Crippen LogP contribution in [0, 0.1) is 12.8 Å². The van der Waals surface area contributed by atoms with Crippen LogP contribution in [0.5, 0.6) is 0 Å². The van der Waals surface area contributed by atoms with E-state index >= 15 is 0 Å². The van der Waals surface area contributed by atoms with Gasteiger partial charge in [-0.2, -0.15) is 0 Å². The van der Waals surface area contributed by atoms with Gasteiger partial charge in [0.05, 0.1) is 12.6 Å². The second-order valence-electron chi connectivity index (χ2n) is 5.11. The quantitative estimate of drug-likeness (QED) is 0.865. The summed E-state index contributed by atoms with van der Waals surface area (Å²) in [4.78, 5) is 11.3. The van der Waals surface area contributed by atoms with E-state index in [0.29, 0.717) is 12.5 Å². The van der Waals surface area contributed by atoms with Gasteiger partial charge in [-0.25, -0.2) is 0 Å². The Hall–Kier alpha value is -1.39. The molecule has 1 aromatic carbocycles. The number of carbonyl (C=O) groups excluding carboxylic acids is 1. The summed E-state index contributed by atoms with van der Waals surface area (Å²) in [5.74, 6) is 0.222.